The van der Waals surface area contributed by atoms with Crippen LogP contribution in [0.4, 0.5) is 8.78 Å². The zero-order valence-corrected chi connectivity index (χ0v) is 17.7. The van der Waals surface area contributed by atoms with Gasteiger partial charge in [0.15, 0.2) is 0 Å². The van der Waals surface area contributed by atoms with Gasteiger partial charge in [0, 0.05) is 20.3 Å². The van der Waals surface area contributed by atoms with Crippen molar-refractivity contribution in [2.75, 3.05) is 5.75 Å². The lowest BCUT2D eigenvalue weighted by Crippen LogP contribution is -2.14. The molecule has 0 heterocycles. The van der Waals surface area contributed by atoms with Crippen LogP contribution in [-0.2, 0) is 22.4 Å². The summed E-state index contributed by atoms with van der Waals surface area (Å²) in [6, 6.07) is 12.1. The van der Waals surface area contributed by atoms with E-state index in [1.54, 1.807) is 11.8 Å². The number of alkyl halides is 2. The predicted molar refractivity (Wildman–Crippen MR) is 104 cm³/mol. The van der Waals surface area contributed by atoms with Gasteiger partial charge < -0.3 is 9.79 Å². The molecule has 0 spiro atoms. The van der Waals surface area contributed by atoms with Gasteiger partial charge in [-0.1, -0.05) is 56.1 Å². The summed E-state index contributed by atoms with van der Waals surface area (Å²) in [5.74, 6) is 1.50. The normalized spacial score (nSPS) is 12.4. The molecule has 0 aliphatic heterocycles. The molecule has 0 bridgehead atoms. The molecule has 2 aromatic carbocycles. The van der Waals surface area contributed by atoms with Gasteiger partial charge in [-0.2, -0.15) is 20.5 Å². The van der Waals surface area contributed by atoms with Crippen LogP contribution in [0.5, 0.6) is 0 Å². The Kier molecular flexibility index (Phi) is 7.27. The molecule has 0 atom stereocenters. The molecule has 0 amide bonds. The lowest BCUT2D eigenvalue weighted by molar-refractivity contribution is 0.0557. The topological polar surface area (TPSA) is 57.5 Å². The first-order chi connectivity index (χ1) is 11.6. The van der Waals surface area contributed by atoms with Crippen LogP contribution < -0.4 is 0 Å². The Bertz CT molecular complexity index is 781. The molecule has 25 heavy (non-hydrogen) atoms. The average molecular weight is 516 g/mol. The molecule has 3 nitrogen and oxygen atoms in total. The fraction of sp³-hybridized carbons (Fsp3) is 0.250. The highest BCUT2D eigenvalue weighted by Crippen LogP contribution is 2.60. The summed E-state index contributed by atoms with van der Waals surface area (Å²) in [5, 5.41) is 0. The van der Waals surface area contributed by atoms with E-state index >= 15 is 0 Å². The molecular formula is C16H15Br2F2O3PS. The summed E-state index contributed by atoms with van der Waals surface area (Å²) in [6.45, 7) is 0. The lowest BCUT2D eigenvalue weighted by Gasteiger charge is -2.19. The Labute approximate surface area is 165 Å². The van der Waals surface area contributed by atoms with Gasteiger partial charge in [-0.15, -0.1) is 0 Å². The third-order valence-electron chi connectivity index (χ3n) is 3.44. The van der Waals surface area contributed by atoms with E-state index in [0.29, 0.717) is 5.75 Å². The first-order valence-corrected chi connectivity index (χ1v) is 11.5. The van der Waals surface area contributed by atoms with Crippen molar-refractivity contribution in [3.63, 3.8) is 0 Å². The molecular weight excluding hydrogens is 501 g/mol. The summed E-state index contributed by atoms with van der Waals surface area (Å²) < 4.78 is 39.5. The largest absolute Gasteiger partial charge is 0.399 e. The van der Waals surface area contributed by atoms with Gasteiger partial charge in [0.25, 0.3) is 0 Å². The maximum atomic E-state index is 13.8. The highest BCUT2D eigenvalue weighted by molar-refractivity contribution is 9.10. The van der Waals surface area contributed by atoms with Crippen molar-refractivity contribution in [2.24, 2.45) is 0 Å². The fourth-order valence-electron chi connectivity index (χ4n) is 2.08. The van der Waals surface area contributed by atoms with Gasteiger partial charge in [-0.25, -0.2) is 0 Å². The zero-order valence-electron chi connectivity index (χ0n) is 12.8. The van der Waals surface area contributed by atoms with Crippen LogP contribution in [0.3, 0.4) is 0 Å². The summed E-state index contributed by atoms with van der Waals surface area (Å²) in [5.41, 5.74) is -2.89. The maximum Gasteiger partial charge on any atom is 0.399 e. The quantitative estimate of drug-likeness (QED) is 0.355. The van der Waals surface area contributed by atoms with Crippen LogP contribution in [0.2, 0.25) is 0 Å². The molecule has 0 saturated heterocycles. The highest BCUT2D eigenvalue weighted by Gasteiger charge is 2.51. The average Bonchev–Trinajstić information content (AvgIpc) is 2.52. The van der Waals surface area contributed by atoms with Gasteiger partial charge >= 0.3 is 13.3 Å². The minimum atomic E-state index is -5.57. The standard InChI is InChI=1S/C16H15Br2F2O3PS/c17-13-4-1-11(2-5-13)7-8-25-10-12-3-6-14(15(18)9-12)16(19,20)24(21,22)23/h1-6,9H,7-8,10H2,(H2,21,22,23). The smallest absolute Gasteiger partial charge is 0.320 e. The van der Waals surface area contributed by atoms with Gasteiger partial charge in [0.05, 0.1) is 0 Å². The highest BCUT2D eigenvalue weighted by atomic mass is 79.9. The van der Waals surface area contributed by atoms with Crippen molar-refractivity contribution in [1.29, 1.82) is 0 Å². The second kappa shape index (κ2) is 8.63. The first kappa shape index (κ1) is 21.1. The summed E-state index contributed by atoms with van der Waals surface area (Å²) in [6.07, 6.45) is 0.896. The molecule has 0 radical (unpaired) electrons. The van der Waals surface area contributed by atoms with Crippen LogP contribution in [0.1, 0.15) is 16.7 Å². The molecule has 0 unspecified atom stereocenters. The van der Waals surface area contributed by atoms with E-state index in [9.17, 15) is 13.3 Å². The number of thioether (sulfide) groups is 1. The van der Waals surface area contributed by atoms with Crippen LogP contribution in [0.25, 0.3) is 0 Å². The third kappa shape index (κ3) is 5.62. The number of benzene rings is 2. The Hall–Kier alpha value is -0.240. The van der Waals surface area contributed by atoms with Crippen molar-refractivity contribution >= 4 is 51.2 Å². The number of rotatable bonds is 7. The third-order valence-corrected chi connectivity index (χ3v) is 6.63. The van der Waals surface area contributed by atoms with Crippen LogP contribution in [0, 0.1) is 0 Å². The predicted octanol–water partition coefficient (Wildman–Crippen LogP) is 5.91. The minimum absolute atomic E-state index is 0.00756. The Morgan fingerprint density at radius 1 is 1.04 bits per heavy atom. The van der Waals surface area contributed by atoms with Crippen molar-refractivity contribution in [2.45, 2.75) is 17.8 Å². The van der Waals surface area contributed by atoms with E-state index in [1.165, 1.54) is 17.7 Å². The number of aryl methyl sites for hydroxylation is 1. The molecule has 0 fully saturated rings. The van der Waals surface area contributed by atoms with Crippen LogP contribution >= 0.6 is 51.2 Å². The SMILES string of the molecule is O=P(O)(O)C(F)(F)c1ccc(CSCCc2ccc(Br)cc2)cc1Br. The summed E-state index contributed by atoms with van der Waals surface area (Å²) in [4.78, 5) is 17.6. The first-order valence-electron chi connectivity index (χ1n) is 7.16. The van der Waals surface area contributed by atoms with E-state index in [1.807, 2.05) is 24.3 Å². The van der Waals surface area contributed by atoms with Gasteiger partial charge in [-0.3, -0.25) is 4.57 Å². The van der Waals surface area contributed by atoms with E-state index < -0.39 is 18.8 Å². The molecule has 2 aromatic rings. The molecule has 2 N–H and O–H groups in total. The zero-order chi connectivity index (χ0) is 18.7. The Balaban J connectivity index is 1.94. The molecule has 0 aliphatic rings. The van der Waals surface area contributed by atoms with E-state index in [4.69, 9.17) is 9.79 Å². The Morgan fingerprint density at radius 3 is 2.20 bits per heavy atom. The second-order valence-corrected chi connectivity index (χ2v) is 9.85. The maximum absolute atomic E-state index is 13.8. The molecule has 0 aromatic heterocycles. The van der Waals surface area contributed by atoms with E-state index in [2.05, 4.69) is 31.9 Å². The van der Waals surface area contributed by atoms with Gasteiger partial charge in [-0.05, 0) is 41.5 Å². The van der Waals surface area contributed by atoms with E-state index in [-0.39, 0.29) is 4.47 Å². The second-order valence-electron chi connectivity index (χ2n) is 5.33. The molecule has 136 valence electrons. The number of hydrogen-bond acceptors (Lipinski definition) is 2. The number of halogens is 4. The van der Waals surface area contributed by atoms with Crippen LogP contribution in [0.15, 0.2) is 51.4 Å². The fourth-order valence-corrected chi connectivity index (χ4v) is 4.62. The van der Waals surface area contributed by atoms with E-state index in [0.717, 1.165) is 28.3 Å². The Morgan fingerprint density at radius 2 is 1.64 bits per heavy atom. The summed E-state index contributed by atoms with van der Waals surface area (Å²) >= 11 is 8.03. The number of hydrogen-bond donors (Lipinski definition) is 2. The van der Waals surface area contributed by atoms with Crippen LogP contribution in [-0.4, -0.2) is 15.5 Å². The molecule has 9 heteroatoms. The summed E-state index contributed by atoms with van der Waals surface area (Å²) in [7, 11) is -5.57. The van der Waals surface area contributed by atoms with Gasteiger partial charge in [0.1, 0.15) is 0 Å². The van der Waals surface area contributed by atoms with Crippen molar-refractivity contribution in [3.05, 3.63) is 68.1 Å². The molecule has 0 saturated carbocycles. The van der Waals surface area contributed by atoms with Crippen molar-refractivity contribution in [3.8, 4) is 0 Å². The lowest BCUT2D eigenvalue weighted by atomic mass is 10.1. The van der Waals surface area contributed by atoms with Gasteiger partial charge in [0.2, 0.25) is 0 Å². The monoisotopic (exact) mass is 514 g/mol. The molecule has 2 rings (SSSR count). The molecule has 0 aliphatic carbocycles. The van der Waals surface area contributed by atoms with Crippen molar-refractivity contribution in [1.82, 2.24) is 0 Å². The van der Waals surface area contributed by atoms with Crippen molar-refractivity contribution < 1.29 is 23.1 Å². The minimum Gasteiger partial charge on any atom is -0.320 e.